The first-order chi connectivity index (χ1) is 8.74. The van der Waals surface area contributed by atoms with Crippen molar-refractivity contribution in [2.75, 3.05) is 0 Å². The highest BCUT2D eigenvalue weighted by molar-refractivity contribution is 5.76. The largest absolute Gasteiger partial charge is 0.452 e. The lowest BCUT2D eigenvalue weighted by Crippen LogP contribution is -2.46. The van der Waals surface area contributed by atoms with E-state index in [4.69, 9.17) is 0 Å². The van der Waals surface area contributed by atoms with Gasteiger partial charge in [-0.15, -0.1) is 0 Å². The van der Waals surface area contributed by atoms with Gasteiger partial charge < -0.3 is 9.84 Å². The molecule has 8 heteroatoms. The van der Waals surface area contributed by atoms with E-state index in [1.807, 2.05) is 0 Å². The Kier molecular flexibility index (Phi) is 5.95. The maximum Gasteiger partial charge on any atom is 0.425 e. The first-order valence-corrected chi connectivity index (χ1v) is 6.02. The molecular formula is C12H19F5O3. The van der Waals surface area contributed by atoms with Gasteiger partial charge in [0.1, 0.15) is 5.60 Å². The van der Waals surface area contributed by atoms with E-state index in [0.29, 0.717) is 6.92 Å². The lowest BCUT2D eigenvalue weighted by atomic mass is 9.90. The lowest BCUT2D eigenvalue weighted by molar-refractivity contribution is -0.242. The van der Waals surface area contributed by atoms with Crippen molar-refractivity contribution >= 4 is 5.97 Å². The van der Waals surface area contributed by atoms with Gasteiger partial charge in [0.2, 0.25) is 0 Å². The predicted octanol–water partition coefficient (Wildman–Crippen LogP) is 3.30. The van der Waals surface area contributed by atoms with E-state index in [0.717, 1.165) is 0 Å². The summed E-state index contributed by atoms with van der Waals surface area (Å²) in [5.74, 6) is -1.15. The summed E-state index contributed by atoms with van der Waals surface area (Å²) in [6.45, 7) is 4.91. The highest BCUT2D eigenvalue weighted by atomic mass is 19.4. The predicted molar refractivity (Wildman–Crippen MR) is 61.3 cm³/mol. The summed E-state index contributed by atoms with van der Waals surface area (Å²) in [7, 11) is 0. The van der Waals surface area contributed by atoms with Gasteiger partial charge in [-0.2, -0.15) is 13.2 Å². The van der Waals surface area contributed by atoms with Crippen molar-refractivity contribution in [1.82, 2.24) is 0 Å². The highest BCUT2D eigenvalue weighted by Gasteiger charge is 2.50. The van der Waals surface area contributed by atoms with Crippen LogP contribution >= 0.6 is 0 Å². The van der Waals surface area contributed by atoms with E-state index >= 15 is 0 Å². The Morgan fingerprint density at radius 1 is 1.20 bits per heavy atom. The van der Waals surface area contributed by atoms with Crippen molar-refractivity contribution in [3.8, 4) is 0 Å². The van der Waals surface area contributed by atoms with Gasteiger partial charge in [-0.3, -0.25) is 4.79 Å². The van der Waals surface area contributed by atoms with E-state index < -0.39 is 42.1 Å². The van der Waals surface area contributed by atoms with E-state index in [1.54, 1.807) is 6.92 Å². The molecule has 0 radical (unpaired) electrons. The minimum Gasteiger partial charge on any atom is -0.452 e. The first-order valence-electron chi connectivity index (χ1n) is 6.02. The molecule has 0 aromatic heterocycles. The fourth-order valence-electron chi connectivity index (χ4n) is 1.12. The minimum absolute atomic E-state index is 0.224. The van der Waals surface area contributed by atoms with Crippen molar-refractivity contribution in [2.45, 2.75) is 64.8 Å². The van der Waals surface area contributed by atoms with Crippen molar-refractivity contribution in [3.63, 3.8) is 0 Å². The Morgan fingerprint density at radius 3 is 1.95 bits per heavy atom. The van der Waals surface area contributed by atoms with Crippen LogP contribution in [0.15, 0.2) is 0 Å². The third kappa shape index (κ3) is 5.22. The van der Waals surface area contributed by atoms with Gasteiger partial charge in [-0.05, 0) is 27.2 Å². The van der Waals surface area contributed by atoms with Crippen LogP contribution < -0.4 is 0 Å². The standard InChI is InChI=1S/C12H19F5O3/c1-5-10(2,3)9(18)20-7(12(15,16)17)6-11(4,19)8(13)14/h7-8,19H,5-6H2,1-4H3. The molecular weight excluding hydrogens is 287 g/mol. The third-order valence-corrected chi connectivity index (χ3v) is 3.12. The Balaban J connectivity index is 5.09. The quantitative estimate of drug-likeness (QED) is 0.605. The van der Waals surface area contributed by atoms with Gasteiger partial charge in [0.25, 0.3) is 6.43 Å². The Morgan fingerprint density at radius 2 is 1.65 bits per heavy atom. The molecule has 0 fully saturated rings. The number of halogens is 5. The Labute approximate surface area is 114 Å². The summed E-state index contributed by atoms with van der Waals surface area (Å²) >= 11 is 0. The van der Waals surface area contributed by atoms with Gasteiger partial charge in [-0.25, -0.2) is 8.78 Å². The molecule has 0 bridgehead atoms. The van der Waals surface area contributed by atoms with E-state index in [2.05, 4.69) is 4.74 Å². The van der Waals surface area contributed by atoms with Crippen molar-refractivity contribution < 1.29 is 36.6 Å². The molecule has 0 aliphatic carbocycles. The van der Waals surface area contributed by atoms with Crippen molar-refractivity contribution in [2.24, 2.45) is 5.41 Å². The SMILES string of the molecule is CCC(C)(C)C(=O)OC(CC(C)(O)C(F)F)C(F)(F)F. The third-order valence-electron chi connectivity index (χ3n) is 3.12. The molecule has 2 unspecified atom stereocenters. The second kappa shape index (κ2) is 6.24. The zero-order valence-corrected chi connectivity index (χ0v) is 11.7. The summed E-state index contributed by atoms with van der Waals surface area (Å²) in [4.78, 5) is 11.6. The van der Waals surface area contributed by atoms with Crippen LogP contribution in [0.4, 0.5) is 22.0 Å². The van der Waals surface area contributed by atoms with Gasteiger partial charge in [0, 0.05) is 6.42 Å². The fraction of sp³-hybridized carbons (Fsp3) is 0.917. The second-order valence-electron chi connectivity index (χ2n) is 5.53. The van der Waals surface area contributed by atoms with Crippen LogP contribution in [0.3, 0.4) is 0 Å². The van der Waals surface area contributed by atoms with Crippen molar-refractivity contribution in [1.29, 1.82) is 0 Å². The highest BCUT2D eigenvalue weighted by Crippen LogP contribution is 2.34. The molecule has 0 heterocycles. The summed E-state index contributed by atoms with van der Waals surface area (Å²) in [6, 6.07) is 0. The van der Waals surface area contributed by atoms with Crippen LogP contribution in [-0.2, 0) is 9.53 Å². The molecule has 0 spiro atoms. The first kappa shape index (κ1) is 19.1. The number of alkyl halides is 5. The molecule has 2 atom stereocenters. The number of carbonyl (C=O) groups excluding carboxylic acids is 1. The van der Waals surface area contributed by atoms with E-state index in [1.165, 1.54) is 13.8 Å². The second-order valence-corrected chi connectivity index (χ2v) is 5.53. The van der Waals surface area contributed by atoms with Crippen LogP contribution in [0, 0.1) is 5.41 Å². The number of rotatable bonds is 6. The Bertz CT molecular complexity index is 336. The summed E-state index contributed by atoms with van der Waals surface area (Å²) in [5.41, 5.74) is -4.06. The summed E-state index contributed by atoms with van der Waals surface area (Å²) in [6.07, 6.45) is -12.4. The molecule has 0 aliphatic rings. The molecule has 0 saturated heterocycles. The number of carbonyl (C=O) groups is 1. The van der Waals surface area contributed by atoms with Crippen LogP contribution in [0.25, 0.3) is 0 Å². The molecule has 1 N–H and O–H groups in total. The van der Waals surface area contributed by atoms with Gasteiger partial charge in [0.15, 0.2) is 6.10 Å². The smallest absolute Gasteiger partial charge is 0.425 e. The molecule has 0 saturated carbocycles. The topological polar surface area (TPSA) is 46.5 Å². The average Bonchev–Trinajstić information content (AvgIpc) is 2.26. The lowest BCUT2D eigenvalue weighted by Gasteiger charge is -2.31. The minimum atomic E-state index is -5.03. The van der Waals surface area contributed by atoms with Crippen LogP contribution in [0.1, 0.15) is 40.5 Å². The fourth-order valence-corrected chi connectivity index (χ4v) is 1.12. The normalized spacial score (nSPS) is 17.8. The van der Waals surface area contributed by atoms with Gasteiger partial charge in [-0.1, -0.05) is 6.92 Å². The van der Waals surface area contributed by atoms with Gasteiger partial charge in [0.05, 0.1) is 5.41 Å². The summed E-state index contributed by atoms with van der Waals surface area (Å²) < 4.78 is 67.4. The molecule has 0 rings (SSSR count). The van der Waals surface area contributed by atoms with E-state index in [9.17, 15) is 31.9 Å². The molecule has 0 amide bonds. The molecule has 120 valence electrons. The van der Waals surface area contributed by atoms with Crippen molar-refractivity contribution in [3.05, 3.63) is 0 Å². The molecule has 3 nitrogen and oxygen atoms in total. The molecule has 0 aromatic carbocycles. The van der Waals surface area contributed by atoms with E-state index in [-0.39, 0.29) is 6.42 Å². The van der Waals surface area contributed by atoms with Crippen LogP contribution in [0.5, 0.6) is 0 Å². The number of hydrogen-bond donors (Lipinski definition) is 1. The average molecular weight is 306 g/mol. The zero-order chi connectivity index (χ0) is 16.4. The van der Waals surface area contributed by atoms with Gasteiger partial charge >= 0.3 is 12.1 Å². The number of ether oxygens (including phenoxy) is 1. The molecule has 0 aliphatic heterocycles. The summed E-state index contributed by atoms with van der Waals surface area (Å²) in [5, 5.41) is 9.26. The Hall–Kier alpha value is -0.920. The zero-order valence-electron chi connectivity index (χ0n) is 11.7. The van der Waals surface area contributed by atoms with Crippen LogP contribution in [-0.4, -0.2) is 35.4 Å². The number of aliphatic hydroxyl groups is 1. The maximum absolute atomic E-state index is 12.7. The molecule has 0 aromatic rings. The monoisotopic (exact) mass is 306 g/mol. The number of hydrogen-bond acceptors (Lipinski definition) is 3. The van der Waals surface area contributed by atoms with Crippen LogP contribution in [0.2, 0.25) is 0 Å². The number of esters is 1. The maximum atomic E-state index is 12.7. The molecule has 20 heavy (non-hydrogen) atoms.